The molecular weight excluding hydrogens is 379 g/mol. The quantitative estimate of drug-likeness (QED) is 0.472. The van der Waals surface area contributed by atoms with E-state index in [-0.39, 0.29) is 29.5 Å². The molecule has 0 unspecified atom stereocenters. The van der Waals surface area contributed by atoms with Gasteiger partial charge in [0.15, 0.2) is 5.96 Å². The van der Waals surface area contributed by atoms with Gasteiger partial charge in [0.25, 0.3) is 0 Å². The van der Waals surface area contributed by atoms with E-state index in [4.69, 9.17) is 10.2 Å². The molecule has 0 radical (unpaired) electrons. The Kier molecular flexibility index (Phi) is 6.19. The monoisotopic (exact) mass is 400 g/mol. The maximum atomic E-state index is 5.81. The third-order valence-electron chi connectivity index (χ3n) is 2.49. The van der Waals surface area contributed by atoms with E-state index in [2.05, 4.69) is 15.3 Å². The highest BCUT2D eigenvalue weighted by Gasteiger charge is 2.10. The first kappa shape index (κ1) is 17.5. The van der Waals surface area contributed by atoms with E-state index in [9.17, 15) is 0 Å². The van der Waals surface area contributed by atoms with Crippen molar-refractivity contribution in [3.63, 3.8) is 0 Å². The summed E-state index contributed by atoms with van der Waals surface area (Å²) >= 11 is 0. The van der Waals surface area contributed by atoms with Crippen LogP contribution in [0.25, 0.3) is 11.5 Å². The van der Waals surface area contributed by atoms with E-state index >= 15 is 0 Å². The zero-order valence-electron chi connectivity index (χ0n) is 12.5. The van der Waals surface area contributed by atoms with Crippen molar-refractivity contribution in [3.05, 3.63) is 42.3 Å². The lowest BCUT2D eigenvalue weighted by Gasteiger charge is -2.20. The molecule has 0 bridgehead atoms. The van der Waals surface area contributed by atoms with Gasteiger partial charge in [-0.05, 0) is 32.9 Å². The number of hydrogen-bond acceptors (Lipinski definition) is 3. The molecule has 0 saturated carbocycles. The molecule has 21 heavy (non-hydrogen) atoms. The van der Waals surface area contributed by atoms with Crippen molar-refractivity contribution in [1.82, 2.24) is 10.3 Å². The standard InChI is InChI=1S/C15H20N4O.HI/c1-15(2,3)19-14(16)17-9-12-10-20-13(18-12)11-7-5-4-6-8-11;/h4-8,10H,9H2,1-3H3,(H3,16,17,19);1H. The number of nitrogens with zero attached hydrogens (tertiary/aromatic N) is 2. The molecule has 0 aliphatic carbocycles. The molecule has 6 heteroatoms. The van der Waals surface area contributed by atoms with Crippen molar-refractivity contribution in [1.29, 1.82) is 0 Å². The summed E-state index contributed by atoms with van der Waals surface area (Å²) in [7, 11) is 0. The molecule has 0 aliphatic heterocycles. The highest BCUT2D eigenvalue weighted by atomic mass is 127. The molecule has 1 heterocycles. The minimum atomic E-state index is -0.105. The SMILES string of the molecule is CC(C)(C)NC(N)=NCc1coc(-c2ccccc2)n1.I. The Morgan fingerprint density at radius 2 is 1.95 bits per heavy atom. The number of aliphatic imine (C=N–C) groups is 1. The molecule has 3 N–H and O–H groups in total. The fraction of sp³-hybridized carbons (Fsp3) is 0.333. The van der Waals surface area contributed by atoms with Gasteiger partial charge in [-0.15, -0.1) is 24.0 Å². The first-order valence-electron chi connectivity index (χ1n) is 6.52. The molecule has 2 rings (SSSR count). The van der Waals surface area contributed by atoms with Crippen LogP contribution >= 0.6 is 24.0 Å². The lowest BCUT2D eigenvalue weighted by molar-refractivity contribution is 0.508. The largest absolute Gasteiger partial charge is 0.444 e. The van der Waals surface area contributed by atoms with Crippen molar-refractivity contribution in [2.45, 2.75) is 32.9 Å². The number of guanidine groups is 1. The van der Waals surface area contributed by atoms with E-state index < -0.39 is 0 Å². The smallest absolute Gasteiger partial charge is 0.226 e. The zero-order valence-corrected chi connectivity index (χ0v) is 14.8. The summed E-state index contributed by atoms with van der Waals surface area (Å²) in [6, 6.07) is 9.75. The molecule has 0 fully saturated rings. The average Bonchev–Trinajstić information content (AvgIpc) is 2.84. The van der Waals surface area contributed by atoms with Crippen LogP contribution in [0.5, 0.6) is 0 Å². The first-order valence-corrected chi connectivity index (χ1v) is 6.52. The van der Waals surface area contributed by atoms with Crippen molar-refractivity contribution < 1.29 is 4.42 Å². The predicted molar refractivity (Wildman–Crippen MR) is 95.6 cm³/mol. The third-order valence-corrected chi connectivity index (χ3v) is 2.49. The van der Waals surface area contributed by atoms with E-state index in [1.165, 1.54) is 0 Å². The summed E-state index contributed by atoms with van der Waals surface area (Å²) in [5.41, 5.74) is 7.40. The summed E-state index contributed by atoms with van der Waals surface area (Å²) in [5.74, 6) is 1.000. The van der Waals surface area contributed by atoms with Crippen molar-refractivity contribution >= 4 is 29.9 Å². The van der Waals surface area contributed by atoms with Crippen LogP contribution in [0.2, 0.25) is 0 Å². The second kappa shape index (κ2) is 7.44. The number of nitrogens with two attached hydrogens (primary N) is 1. The summed E-state index contributed by atoms with van der Waals surface area (Å²) in [6.07, 6.45) is 1.61. The van der Waals surface area contributed by atoms with Crippen LogP contribution in [0.3, 0.4) is 0 Å². The summed E-state index contributed by atoms with van der Waals surface area (Å²) in [5, 5.41) is 3.10. The van der Waals surface area contributed by atoms with Gasteiger partial charge < -0.3 is 15.5 Å². The second-order valence-electron chi connectivity index (χ2n) is 5.59. The lowest BCUT2D eigenvalue weighted by atomic mass is 10.1. The fourth-order valence-corrected chi connectivity index (χ4v) is 1.68. The number of oxazole rings is 1. The minimum Gasteiger partial charge on any atom is -0.444 e. The van der Waals surface area contributed by atoms with Gasteiger partial charge in [0.1, 0.15) is 12.0 Å². The van der Waals surface area contributed by atoms with Crippen LogP contribution in [0.4, 0.5) is 0 Å². The number of aromatic nitrogens is 1. The van der Waals surface area contributed by atoms with Crippen molar-refractivity contribution in [2.24, 2.45) is 10.7 Å². The average molecular weight is 400 g/mol. The van der Waals surface area contributed by atoms with E-state index in [1.54, 1.807) is 6.26 Å². The van der Waals surface area contributed by atoms with Crippen LogP contribution in [0.15, 0.2) is 46.0 Å². The van der Waals surface area contributed by atoms with Crippen molar-refractivity contribution in [3.8, 4) is 11.5 Å². The van der Waals surface area contributed by atoms with Crippen LogP contribution in [0.1, 0.15) is 26.5 Å². The minimum absolute atomic E-state index is 0. The third kappa shape index (κ3) is 5.74. The van der Waals surface area contributed by atoms with Gasteiger partial charge in [-0.25, -0.2) is 9.98 Å². The number of halogens is 1. The number of nitrogens with one attached hydrogen (secondary N) is 1. The van der Waals surface area contributed by atoms with Crippen LogP contribution in [0, 0.1) is 0 Å². The zero-order chi connectivity index (χ0) is 14.6. The van der Waals surface area contributed by atoms with Gasteiger partial charge in [-0.1, -0.05) is 18.2 Å². The molecule has 5 nitrogen and oxygen atoms in total. The van der Waals surface area contributed by atoms with Gasteiger partial charge in [-0.2, -0.15) is 0 Å². The van der Waals surface area contributed by atoms with Crippen LogP contribution < -0.4 is 11.1 Å². The number of benzene rings is 1. The molecule has 0 aliphatic rings. The van der Waals surface area contributed by atoms with Gasteiger partial charge in [0.2, 0.25) is 5.89 Å². The summed E-state index contributed by atoms with van der Waals surface area (Å²) in [4.78, 5) is 8.64. The Bertz CT molecular complexity index is 587. The maximum Gasteiger partial charge on any atom is 0.226 e. The molecule has 0 amide bonds. The Labute approximate surface area is 142 Å². The molecular formula is C15H21IN4O. The highest BCUT2D eigenvalue weighted by molar-refractivity contribution is 14.0. The molecule has 1 aromatic carbocycles. The van der Waals surface area contributed by atoms with Gasteiger partial charge in [0, 0.05) is 11.1 Å². The normalized spacial score (nSPS) is 11.9. The molecule has 0 atom stereocenters. The highest BCUT2D eigenvalue weighted by Crippen LogP contribution is 2.18. The summed E-state index contributed by atoms with van der Waals surface area (Å²) in [6.45, 7) is 6.47. The van der Waals surface area contributed by atoms with Crippen molar-refractivity contribution in [2.75, 3.05) is 0 Å². The van der Waals surface area contributed by atoms with E-state index in [1.807, 2.05) is 51.1 Å². The molecule has 2 aromatic rings. The predicted octanol–water partition coefficient (Wildman–Crippen LogP) is 3.16. The molecule has 0 saturated heterocycles. The Morgan fingerprint density at radius 3 is 2.57 bits per heavy atom. The van der Waals surface area contributed by atoms with E-state index in [0.29, 0.717) is 18.4 Å². The topological polar surface area (TPSA) is 76.4 Å². The van der Waals surface area contributed by atoms with Crippen LogP contribution in [-0.4, -0.2) is 16.5 Å². The van der Waals surface area contributed by atoms with Gasteiger partial charge >= 0.3 is 0 Å². The second-order valence-corrected chi connectivity index (χ2v) is 5.59. The Hall–Kier alpha value is -1.57. The lowest BCUT2D eigenvalue weighted by Crippen LogP contribution is -2.44. The summed E-state index contributed by atoms with van der Waals surface area (Å²) < 4.78 is 5.44. The molecule has 114 valence electrons. The maximum absolute atomic E-state index is 5.81. The van der Waals surface area contributed by atoms with Crippen LogP contribution in [-0.2, 0) is 6.54 Å². The fourth-order valence-electron chi connectivity index (χ4n) is 1.68. The van der Waals surface area contributed by atoms with Gasteiger partial charge in [0.05, 0.1) is 6.54 Å². The Morgan fingerprint density at radius 1 is 1.29 bits per heavy atom. The number of rotatable bonds is 3. The van der Waals surface area contributed by atoms with Gasteiger partial charge in [-0.3, -0.25) is 0 Å². The number of hydrogen-bond donors (Lipinski definition) is 2. The Balaban J connectivity index is 0.00000220. The molecule has 0 spiro atoms. The van der Waals surface area contributed by atoms with E-state index in [0.717, 1.165) is 11.3 Å². The molecule has 1 aromatic heterocycles. The first-order chi connectivity index (χ1) is 9.44.